The third kappa shape index (κ3) is 12.3. The quantitative estimate of drug-likeness (QED) is 0.121. The van der Waals surface area contributed by atoms with Crippen molar-refractivity contribution in [3.05, 3.63) is 240 Å². The third-order valence-corrected chi connectivity index (χ3v) is 20.4. The lowest BCUT2D eigenvalue weighted by Crippen LogP contribution is -2.20. The summed E-state index contributed by atoms with van der Waals surface area (Å²) >= 11 is 0. The third-order valence-electron chi connectivity index (χ3n) is 20.4. The molecule has 3 aromatic heterocycles. The predicted octanol–water partition coefficient (Wildman–Crippen LogP) is 25.8. The van der Waals surface area contributed by atoms with E-state index in [1.54, 1.807) is 0 Å². The van der Waals surface area contributed by atoms with Gasteiger partial charge in [-0.15, -0.1) is 0 Å². The fraction of sp³-hybridized carbons (Fsp3) is 0.302. The van der Waals surface area contributed by atoms with Crippen LogP contribution in [0, 0.1) is 5.41 Å². The number of rotatable bonds is 12. The van der Waals surface area contributed by atoms with Crippen molar-refractivity contribution < 1.29 is 13.3 Å². The highest BCUT2D eigenvalue weighted by atomic mass is 16.3. The zero-order valence-electron chi connectivity index (χ0n) is 56.0. The Morgan fingerprint density at radius 2 is 0.652 bits per heavy atom. The molecule has 0 atom stereocenters. The number of furan rings is 3. The van der Waals surface area contributed by atoms with Gasteiger partial charge < -0.3 is 28.0 Å². The normalized spacial score (nSPS) is 14.6. The Hall–Kier alpha value is -9.00. The lowest BCUT2D eigenvalue weighted by Gasteiger charge is -2.34. The van der Waals surface area contributed by atoms with Crippen LogP contribution in [0.15, 0.2) is 226 Å². The monoisotopic (exact) mass is 1210 g/mol. The smallest absolute Gasteiger partial charge is 0.159 e. The number of benzene rings is 10. The van der Waals surface area contributed by atoms with Crippen LogP contribution in [-0.4, -0.2) is 21.1 Å². The molecule has 0 bridgehead atoms. The van der Waals surface area contributed by atoms with Crippen LogP contribution in [0.2, 0.25) is 0 Å². The number of nitrogens with zero attached hydrogens (tertiary/aromatic N) is 3. The fourth-order valence-corrected chi connectivity index (χ4v) is 14.5. The molecule has 0 saturated heterocycles. The van der Waals surface area contributed by atoms with Crippen LogP contribution in [0.5, 0.6) is 0 Å². The van der Waals surface area contributed by atoms with Gasteiger partial charge in [0.25, 0.3) is 0 Å². The highest BCUT2D eigenvalue weighted by molar-refractivity contribution is 6.14. The highest BCUT2D eigenvalue weighted by Crippen LogP contribution is 2.48. The SMILES string of the molecule is CC(C)c1ccc(N(C)c2cccc3c2oc2c(-c4ccccc4)cccc23)cc1.CC(C)c1ccc(N(C)c2cccc3c2oc2c(C4CCC(C)(C)CC4)cccc23)cc1.CC(C)c1ccc(N(C)c2cccc3c2oc2c(C4CCCCC4)cccc23)cc1. The molecule has 0 spiro atoms. The first-order valence-corrected chi connectivity index (χ1v) is 34.0. The second-order valence-electron chi connectivity index (χ2n) is 28.0. The zero-order valence-corrected chi connectivity index (χ0v) is 56.0. The summed E-state index contributed by atoms with van der Waals surface area (Å²) in [5.41, 5.74) is 22.5. The molecule has 2 aliphatic rings. The Morgan fingerprint density at radius 3 is 1.03 bits per heavy atom. The van der Waals surface area contributed by atoms with Crippen LogP contribution in [0.1, 0.15) is 171 Å². The van der Waals surface area contributed by atoms with Crippen molar-refractivity contribution in [3.8, 4) is 11.1 Å². The summed E-state index contributed by atoms with van der Waals surface area (Å²) in [5.74, 6) is 2.84. The van der Waals surface area contributed by atoms with Gasteiger partial charge in [0.1, 0.15) is 16.7 Å². The summed E-state index contributed by atoms with van der Waals surface area (Å²) in [6.07, 6.45) is 11.7. The van der Waals surface area contributed by atoms with E-state index in [2.05, 4.69) is 297 Å². The average Bonchev–Trinajstić information content (AvgIpc) is 1.62. The van der Waals surface area contributed by atoms with Gasteiger partial charge in [-0.05, 0) is 162 Å². The van der Waals surface area contributed by atoms with Crippen LogP contribution in [-0.2, 0) is 0 Å². The topological polar surface area (TPSA) is 49.1 Å². The lowest BCUT2D eigenvalue weighted by molar-refractivity contribution is 0.224. The van der Waals surface area contributed by atoms with E-state index in [1.165, 1.54) is 124 Å². The van der Waals surface area contributed by atoms with Gasteiger partial charge in [-0.2, -0.15) is 0 Å². The largest absolute Gasteiger partial charge is 0.454 e. The molecule has 0 unspecified atom stereocenters. The van der Waals surface area contributed by atoms with Crippen LogP contribution in [0.25, 0.3) is 76.9 Å². The second-order valence-corrected chi connectivity index (χ2v) is 28.0. The molecular weight excluding hydrogens is 1120 g/mol. The minimum Gasteiger partial charge on any atom is -0.454 e. The second kappa shape index (κ2) is 26.3. The standard InChI is InChI=1S/C30H35NO.C28H31NO.C28H25NO/c1-20(2)21-12-14-23(15-13-21)31(5)27-11-7-10-26-25-9-6-8-24(28(25)32-29(26)27)22-16-18-30(3,4)19-17-22;2*1-19(2)20-15-17-22(18-16-20)29(3)26-14-8-13-25-24-12-7-11-23(27(24)30-28(25)26)21-9-5-4-6-10-21/h6-15,20,22H,16-19H2,1-5H3;7-8,11-19,21H,4-6,9-10H2,1-3H3;4-19H,1-3H3. The molecule has 0 N–H and O–H groups in total. The van der Waals surface area contributed by atoms with Crippen molar-refractivity contribution in [2.45, 2.75) is 143 Å². The summed E-state index contributed by atoms with van der Waals surface area (Å²) < 4.78 is 19.8. The predicted molar refractivity (Wildman–Crippen MR) is 393 cm³/mol. The van der Waals surface area contributed by atoms with Gasteiger partial charge >= 0.3 is 0 Å². The van der Waals surface area contributed by atoms with Gasteiger partial charge in [-0.25, -0.2) is 0 Å². The maximum absolute atomic E-state index is 6.68. The number of para-hydroxylation sites is 6. The van der Waals surface area contributed by atoms with Crippen molar-refractivity contribution in [2.24, 2.45) is 5.41 Å². The zero-order chi connectivity index (χ0) is 63.8. The van der Waals surface area contributed by atoms with Crippen LogP contribution in [0.4, 0.5) is 34.1 Å². The number of anilines is 6. The Balaban J connectivity index is 0.000000126. The lowest BCUT2D eigenvalue weighted by atomic mass is 9.71. The van der Waals surface area contributed by atoms with E-state index in [4.69, 9.17) is 13.3 Å². The maximum atomic E-state index is 6.68. The summed E-state index contributed by atoms with van der Waals surface area (Å²) in [5, 5.41) is 7.21. The molecule has 6 heteroatoms. The average molecular weight is 1210 g/mol. The van der Waals surface area contributed by atoms with Crippen molar-refractivity contribution in [3.63, 3.8) is 0 Å². The summed E-state index contributed by atoms with van der Waals surface area (Å²) in [6.45, 7) is 18.2. The van der Waals surface area contributed by atoms with Gasteiger partial charge in [-0.3, -0.25) is 0 Å². The Kier molecular flexibility index (Phi) is 17.7. The first-order chi connectivity index (χ1) is 44.6. The van der Waals surface area contributed by atoms with Gasteiger partial charge in [0.15, 0.2) is 16.7 Å². The Morgan fingerprint density at radius 1 is 0.326 bits per heavy atom. The summed E-state index contributed by atoms with van der Waals surface area (Å²) in [7, 11) is 6.37. The molecule has 0 radical (unpaired) electrons. The number of hydrogen-bond acceptors (Lipinski definition) is 6. The van der Waals surface area contributed by atoms with Gasteiger partial charge in [-0.1, -0.05) is 232 Å². The van der Waals surface area contributed by atoms with Gasteiger partial charge in [0.2, 0.25) is 0 Å². The summed E-state index contributed by atoms with van der Waals surface area (Å²) in [6, 6.07) is 76.3. The first kappa shape index (κ1) is 61.8. The Labute approximate surface area is 545 Å². The maximum Gasteiger partial charge on any atom is 0.159 e. The molecule has 0 aliphatic heterocycles. The number of hydrogen-bond donors (Lipinski definition) is 0. The van der Waals surface area contributed by atoms with E-state index in [-0.39, 0.29) is 0 Å². The van der Waals surface area contributed by atoms with E-state index in [0.717, 1.165) is 72.6 Å². The van der Waals surface area contributed by atoms with Crippen molar-refractivity contribution in [2.75, 3.05) is 35.8 Å². The summed E-state index contributed by atoms with van der Waals surface area (Å²) in [4.78, 5) is 6.70. The molecule has 2 aliphatic carbocycles. The molecule has 6 nitrogen and oxygen atoms in total. The minimum atomic E-state index is 0.472. The van der Waals surface area contributed by atoms with Crippen molar-refractivity contribution >= 4 is 99.9 Å². The molecule has 10 aromatic carbocycles. The van der Waals surface area contributed by atoms with Crippen LogP contribution >= 0.6 is 0 Å². The fourth-order valence-electron chi connectivity index (χ4n) is 14.5. The Bertz CT molecular complexity index is 4660. The van der Waals surface area contributed by atoms with Gasteiger partial charge in [0, 0.05) is 76.1 Å². The molecule has 2 saturated carbocycles. The van der Waals surface area contributed by atoms with Crippen molar-refractivity contribution in [1.82, 2.24) is 0 Å². The van der Waals surface area contributed by atoms with Gasteiger partial charge in [0.05, 0.1) is 17.1 Å². The molecular formula is C86H91N3O3. The van der Waals surface area contributed by atoms with Crippen LogP contribution < -0.4 is 14.7 Å². The molecule has 13 aromatic rings. The minimum absolute atomic E-state index is 0.472. The molecule has 2 fully saturated rings. The van der Waals surface area contributed by atoms with E-state index in [9.17, 15) is 0 Å². The molecule has 0 amide bonds. The molecule has 3 heterocycles. The van der Waals surface area contributed by atoms with Crippen LogP contribution in [0.3, 0.4) is 0 Å². The highest BCUT2D eigenvalue weighted by Gasteiger charge is 2.30. The van der Waals surface area contributed by atoms with E-state index in [0.29, 0.717) is 35.0 Å². The van der Waals surface area contributed by atoms with E-state index < -0.39 is 0 Å². The molecule has 15 rings (SSSR count). The molecule has 468 valence electrons. The first-order valence-electron chi connectivity index (χ1n) is 34.0. The van der Waals surface area contributed by atoms with E-state index in [1.807, 2.05) is 6.07 Å². The number of fused-ring (bicyclic) bond motifs is 9. The molecule has 92 heavy (non-hydrogen) atoms. The van der Waals surface area contributed by atoms with Crippen molar-refractivity contribution in [1.29, 1.82) is 0 Å². The van der Waals surface area contributed by atoms with E-state index >= 15 is 0 Å².